The summed E-state index contributed by atoms with van der Waals surface area (Å²) in [5.74, 6) is 0.839. The number of hydrogen-bond acceptors (Lipinski definition) is 5. The summed E-state index contributed by atoms with van der Waals surface area (Å²) in [7, 11) is 0. The van der Waals surface area contributed by atoms with Gasteiger partial charge in [-0.15, -0.1) is 0 Å². The molecule has 164 valence electrons. The van der Waals surface area contributed by atoms with Gasteiger partial charge in [0, 0.05) is 11.1 Å². The van der Waals surface area contributed by atoms with Crippen molar-refractivity contribution in [3.63, 3.8) is 0 Å². The van der Waals surface area contributed by atoms with Gasteiger partial charge in [-0.25, -0.2) is 9.59 Å². The average molecular weight is 390 g/mol. The second kappa shape index (κ2) is 20.9. The minimum absolute atomic E-state index is 0. The second-order valence-corrected chi connectivity index (χ2v) is 6.78. The quantitative estimate of drug-likeness (QED) is 0.386. The molecule has 5 heteroatoms. The van der Waals surface area contributed by atoms with Crippen LogP contribution in [0.1, 0.15) is 89.0 Å². The first-order valence-corrected chi connectivity index (χ1v) is 10.2. The lowest BCUT2D eigenvalue weighted by atomic mass is 9.97. The predicted octanol–water partition coefficient (Wildman–Crippen LogP) is 6.35. The van der Waals surface area contributed by atoms with E-state index in [2.05, 4.69) is 27.7 Å². The van der Waals surface area contributed by atoms with Crippen molar-refractivity contribution in [3.8, 4) is 0 Å². The van der Waals surface area contributed by atoms with Crippen LogP contribution in [0, 0.1) is 17.8 Å². The van der Waals surface area contributed by atoms with E-state index in [9.17, 15) is 9.59 Å². The number of esters is 2. The first kappa shape index (κ1) is 33.2. The Hall–Kier alpha value is -1.36. The van der Waals surface area contributed by atoms with Gasteiger partial charge in [0.2, 0.25) is 0 Å². The van der Waals surface area contributed by atoms with E-state index in [0.29, 0.717) is 24.4 Å². The Bertz CT molecular complexity index is 401. The molecule has 1 unspecified atom stereocenters. The molecule has 0 aromatic carbocycles. The van der Waals surface area contributed by atoms with E-state index in [1.54, 1.807) is 20.8 Å². The van der Waals surface area contributed by atoms with Crippen LogP contribution in [-0.4, -0.2) is 25.2 Å². The molecule has 0 aromatic heterocycles. The summed E-state index contributed by atoms with van der Waals surface area (Å²) in [5.41, 5.74) is 0.718. The summed E-state index contributed by atoms with van der Waals surface area (Å²) >= 11 is 0. The van der Waals surface area contributed by atoms with E-state index in [4.69, 9.17) is 9.47 Å². The molecule has 0 rings (SSSR count). The summed E-state index contributed by atoms with van der Waals surface area (Å²) in [5, 5.41) is 0. The zero-order valence-corrected chi connectivity index (χ0v) is 19.9. The number of ether oxygens (including phenoxy) is 2. The van der Waals surface area contributed by atoms with Gasteiger partial charge in [-0.05, 0) is 44.9 Å². The zero-order chi connectivity index (χ0) is 21.3. The monoisotopic (exact) mass is 389 g/mol. The van der Waals surface area contributed by atoms with Crippen LogP contribution in [0.5, 0.6) is 0 Å². The van der Waals surface area contributed by atoms with Crippen molar-refractivity contribution < 1.29 is 19.1 Å². The second-order valence-electron chi connectivity index (χ2n) is 6.78. The van der Waals surface area contributed by atoms with Gasteiger partial charge in [0.25, 0.3) is 0 Å². The summed E-state index contributed by atoms with van der Waals surface area (Å²) < 4.78 is 9.77. The van der Waals surface area contributed by atoms with E-state index in [0.717, 1.165) is 11.8 Å². The molecule has 0 aliphatic rings. The highest BCUT2D eigenvalue weighted by molar-refractivity contribution is 6.00. The highest BCUT2D eigenvalue weighted by atomic mass is 16.5. The third kappa shape index (κ3) is 17.8. The molecule has 0 bridgehead atoms. The third-order valence-corrected chi connectivity index (χ3v) is 3.63. The molecule has 1 atom stereocenters. The van der Waals surface area contributed by atoms with Gasteiger partial charge in [-0.3, -0.25) is 0 Å². The lowest BCUT2D eigenvalue weighted by Crippen LogP contribution is -2.18. The Morgan fingerprint density at radius 3 is 1.48 bits per heavy atom. The molecule has 0 spiro atoms. The highest BCUT2D eigenvalue weighted by Gasteiger charge is 2.22. The van der Waals surface area contributed by atoms with Crippen LogP contribution in [0.4, 0.5) is 0 Å². The van der Waals surface area contributed by atoms with E-state index in [-0.39, 0.29) is 12.1 Å². The topological polar surface area (TPSA) is 87.6 Å². The SMILES string of the molecule is CC.CCC(C)CC(C)C.CCOC(=O)/C(C)=C(\C(=O)OCC)C(C)C.N. The fraction of sp³-hybridized carbons (Fsp3) is 0.818. The standard InChI is InChI=1S/C12H20O4.C8H18.C2H6.H3N/c1-6-15-11(13)9(5)10(8(3)4)12(14)16-7-2;1-5-8(4)6-7(2)3;1-2;/h8H,6-7H2,1-5H3;7-8H,5-6H2,1-4H3;1-2H3;1H3/b10-9-;;;. The minimum Gasteiger partial charge on any atom is -0.463 e. The summed E-state index contributed by atoms with van der Waals surface area (Å²) in [6, 6.07) is 0. The van der Waals surface area contributed by atoms with Gasteiger partial charge in [0.1, 0.15) is 0 Å². The Labute approximate surface area is 168 Å². The van der Waals surface area contributed by atoms with E-state index >= 15 is 0 Å². The lowest BCUT2D eigenvalue weighted by Gasteiger charge is -2.13. The lowest BCUT2D eigenvalue weighted by molar-refractivity contribution is -0.142. The Morgan fingerprint density at radius 1 is 0.815 bits per heavy atom. The predicted molar refractivity (Wildman–Crippen MR) is 116 cm³/mol. The van der Waals surface area contributed by atoms with Crippen molar-refractivity contribution in [3.05, 3.63) is 11.1 Å². The van der Waals surface area contributed by atoms with E-state index < -0.39 is 11.9 Å². The minimum atomic E-state index is -0.459. The molecule has 0 fully saturated rings. The molecular formula is C22H47NO4. The van der Waals surface area contributed by atoms with Gasteiger partial charge in [-0.2, -0.15) is 0 Å². The molecule has 3 N–H and O–H groups in total. The van der Waals surface area contributed by atoms with Crippen molar-refractivity contribution >= 4 is 11.9 Å². The Morgan fingerprint density at radius 2 is 1.22 bits per heavy atom. The van der Waals surface area contributed by atoms with Gasteiger partial charge in [-0.1, -0.05) is 61.8 Å². The van der Waals surface area contributed by atoms with E-state index in [1.165, 1.54) is 12.8 Å². The number of hydrogen-bond donors (Lipinski definition) is 1. The van der Waals surface area contributed by atoms with Crippen molar-refractivity contribution in [2.45, 2.75) is 89.0 Å². The molecule has 0 heterocycles. The maximum atomic E-state index is 11.6. The molecule has 0 saturated carbocycles. The number of rotatable bonds is 8. The van der Waals surface area contributed by atoms with Crippen LogP contribution in [0.2, 0.25) is 0 Å². The molecule has 0 saturated heterocycles. The molecule has 0 amide bonds. The van der Waals surface area contributed by atoms with Crippen LogP contribution >= 0.6 is 0 Å². The van der Waals surface area contributed by atoms with Crippen molar-refractivity contribution in [2.75, 3.05) is 13.2 Å². The van der Waals surface area contributed by atoms with Crippen LogP contribution in [-0.2, 0) is 19.1 Å². The Balaban J connectivity index is -0.000000204. The van der Waals surface area contributed by atoms with Crippen molar-refractivity contribution in [2.24, 2.45) is 17.8 Å². The Kier molecular flexibility index (Phi) is 25.8. The fourth-order valence-electron chi connectivity index (χ4n) is 2.35. The molecule has 5 nitrogen and oxygen atoms in total. The maximum absolute atomic E-state index is 11.6. The number of carbonyl (C=O) groups is 2. The van der Waals surface area contributed by atoms with Crippen molar-refractivity contribution in [1.82, 2.24) is 6.15 Å². The molecule has 27 heavy (non-hydrogen) atoms. The van der Waals surface area contributed by atoms with Crippen LogP contribution in [0.25, 0.3) is 0 Å². The van der Waals surface area contributed by atoms with Gasteiger partial charge in [0.05, 0.1) is 13.2 Å². The summed E-state index contributed by atoms with van der Waals surface area (Å²) in [4.78, 5) is 23.2. The summed E-state index contributed by atoms with van der Waals surface area (Å²) in [6.07, 6.45) is 2.72. The normalized spacial score (nSPS) is 11.7. The summed E-state index contributed by atoms with van der Waals surface area (Å²) in [6.45, 7) is 22.5. The zero-order valence-electron chi connectivity index (χ0n) is 19.9. The molecular weight excluding hydrogens is 342 g/mol. The smallest absolute Gasteiger partial charge is 0.334 e. The molecule has 0 aliphatic heterocycles. The van der Waals surface area contributed by atoms with Gasteiger partial charge < -0.3 is 15.6 Å². The first-order chi connectivity index (χ1) is 12.1. The van der Waals surface area contributed by atoms with Crippen LogP contribution < -0.4 is 6.15 Å². The average Bonchev–Trinajstić information content (AvgIpc) is 2.56. The third-order valence-electron chi connectivity index (χ3n) is 3.63. The molecule has 0 radical (unpaired) electrons. The highest BCUT2D eigenvalue weighted by Crippen LogP contribution is 2.18. The van der Waals surface area contributed by atoms with E-state index in [1.807, 2.05) is 27.7 Å². The van der Waals surface area contributed by atoms with Crippen molar-refractivity contribution in [1.29, 1.82) is 0 Å². The molecule has 0 aliphatic carbocycles. The van der Waals surface area contributed by atoms with Gasteiger partial charge >= 0.3 is 11.9 Å². The largest absolute Gasteiger partial charge is 0.463 e. The molecule has 0 aromatic rings. The fourth-order valence-corrected chi connectivity index (χ4v) is 2.35. The van der Waals surface area contributed by atoms with Crippen LogP contribution in [0.15, 0.2) is 11.1 Å². The first-order valence-electron chi connectivity index (χ1n) is 10.2. The van der Waals surface area contributed by atoms with Crippen LogP contribution in [0.3, 0.4) is 0 Å². The maximum Gasteiger partial charge on any atom is 0.334 e. The van der Waals surface area contributed by atoms with Gasteiger partial charge in [0.15, 0.2) is 0 Å². The number of carbonyl (C=O) groups excluding carboxylic acids is 2.